The van der Waals surface area contributed by atoms with Gasteiger partial charge in [0, 0.05) is 38.6 Å². The van der Waals surface area contributed by atoms with Crippen LogP contribution in [0.15, 0.2) is 35.5 Å². The van der Waals surface area contributed by atoms with E-state index in [1.165, 1.54) is 17.3 Å². The van der Waals surface area contributed by atoms with Crippen molar-refractivity contribution in [2.75, 3.05) is 31.9 Å². The maximum absolute atomic E-state index is 12.4. The predicted molar refractivity (Wildman–Crippen MR) is 99.5 cm³/mol. The number of aromatic nitrogens is 3. The van der Waals surface area contributed by atoms with Crippen LogP contribution in [0.2, 0.25) is 0 Å². The van der Waals surface area contributed by atoms with Crippen LogP contribution in [0.5, 0.6) is 0 Å². The molecule has 7 heteroatoms. The number of nitrogens with one attached hydrogen (secondary N) is 1. The monoisotopic (exact) mass is 359 g/mol. The van der Waals surface area contributed by atoms with E-state index in [1.807, 2.05) is 17.9 Å². The molecule has 1 aromatic heterocycles. The van der Waals surface area contributed by atoms with Crippen LogP contribution in [0.25, 0.3) is 0 Å². The molecule has 1 N–H and O–H groups in total. The Kier molecular flexibility index (Phi) is 6.09. The molecular formula is C18H25N5OS. The molecule has 0 aliphatic carbocycles. The van der Waals surface area contributed by atoms with E-state index < -0.39 is 0 Å². The summed E-state index contributed by atoms with van der Waals surface area (Å²) in [4.78, 5) is 21.1. The first-order valence-corrected chi connectivity index (χ1v) is 9.76. The molecule has 0 unspecified atom stereocenters. The molecule has 1 aromatic carbocycles. The third-order valence-electron chi connectivity index (χ3n) is 4.67. The molecule has 25 heavy (non-hydrogen) atoms. The van der Waals surface area contributed by atoms with Crippen molar-refractivity contribution in [3.63, 3.8) is 0 Å². The first kappa shape index (κ1) is 17.9. The van der Waals surface area contributed by atoms with Crippen LogP contribution in [0, 0.1) is 0 Å². The summed E-state index contributed by atoms with van der Waals surface area (Å²) in [7, 11) is 0. The molecule has 134 valence electrons. The third-order valence-corrected chi connectivity index (χ3v) is 5.50. The van der Waals surface area contributed by atoms with E-state index in [1.54, 1.807) is 0 Å². The number of amides is 1. The SMILES string of the molecule is CCc1nc(SCC(=O)N2CCN([C@H](C)c3ccccc3)CC2)n[nH]1. The Bertz CT molecular complexity index is 682. The van der Waals surface area contributed by atoms with Crippen LogP contribution in [-0.4, -0.2) is 62.8 Å². The van der Waals surface area contributed by atoms with Gasteiger partial charge in [-0.25, -0.2) is 4.98 Å². The normalized spacial score (nSPS) is 16.8. The zero-order chi connectivity index (χ0) is 17.6. The van der Waals surface area contributed by atoms with E-state index in [-0.39, 0.29) is 5.91 Å². The molecule has 0 bridgehead atoms. The molecule has 2 aromatic rings. The van der Waals surface area contributed by atoms with Crippen molar-refractivity contribution in [1.82, 2.24) is 25.0 Å². The van der Waals surface area contributed by atoms with E-state index in [0.717, 1.165) is 38.4 Å². The molecule has 2 heterocycles. The Morgan fingerprint density at radius 3 is 2.60 bits per heavy atom. The molecular weight excluding hydrogens is 334 g/mol. The van der Waals surface area contributed by atoms with E-state index in [2.05, 4.69) is 51.3 Å². The lowest BCUT2D eigenvalue weighted by Crippen LogP contribution is -2.49. The quantitative estimate of drug-likeness (QED) is 0.802. The van der Waals surface area contributed by atoms with Gasteiger partial charge in [0.2, 0.25) is 11.1 Å². The molecule has 1 aliphatic heterocycles. The first-order chi connectivity index (χ1) is 12.2. The lowest BCUT2D eigenvalue weighted by molar-refractivity contribution is -0.130. The number of nitrogens with zero attached hydrogens (tertiary/aromatic N) is 4. The second kappa shape index (κ2) is 8.49. The molecule has 1 saturated heterocycles. The standard InChI is InChI=1S/C18H25N5OS/c1-3-16-19-18(21-20-16)25-13-17(24)23-11-9-22(10-12-23)14(2)15-7-5-4-6-8-15/h4-8,14H,3,9-13H2,1-2H3,(H,19,20,21)/t14-/m1/s1. The minimum atomic E-state index is 0.167. The van der Waals surface area contributed by atoms with E-state index in [0.29, 0.717) is 17.0 Å². The minimum Gasteiger partial charge on any atom is -0.339 e. The van der Waals surface area contributed by atoms with E-state index in [9.17, 15) is 4.79 Å². The number of H-pyrrole nitrogens is 1. The highest BCUT2D eigenvalue weighted by Crippen LogP contribution is 2.22. The predicted octanol–water partition coefficient (Wildman–Crippen LogP) is 2.36. The van der Waals surface area contributed by atoms with Crippen LogP contribution < -0.4 is 0 Å². The largest absolute Gasteiger partial charge is 0.339 e. The molecule has 3 rings (SSSR count). The van der Waals surface area contributed by atoms with Crippen molar-refractivity contribution < 1.29 is 4.79 Å². The third kappa shape index (κ3) is 4.61. The number of carbonyl (C=O) groups is 1. The lowest BCUT2D eigenvalue weighted by atomic mass is 10.1. The van der Waals surface area contributed by atoms with Crippen molar-refractivity contribution in [2.24, 2.45) is 0 Å². The van der Waals surface area contributed by atoms with Gasteiger partial charge in [-0.05, 0) is 12.5 Å². The summed E-state index contributed by atoms with van der Waals surface area (Å²) >= 11 is 1.40. The van der Waals surface area contributed by atoms with E-state index >= 15 is 0 Å². The number of benzene rings is 1. The van der Waals surface area contributed by atoms with Crippen molar-refractivity contribution >= 4 is 17.7 Å². The second-order valence-corrected chi connectivity index (χ2v) is 7.15. The van der Waals surface area contributed by atoms with Gasteiger partial charge in [0.15, 0.2) is 0 Å². The summed E-state index contributed by atoms with van der Waals surface area (Å²) < 4.78 is 0. The Balaban J connectivity index is 1.46. The number of rotatable bonds is 6. The van der Waals surface area contributed by atoms with Gasteiger partial charge in [0.1, 0.15) is 5.82 Å². The van der Waals surface area contributed by atoms with Crippen molar-refractivity contribution in [3.05, 3.63) is 41.7 Å². The first-order valence-electron chi connectivity index (χ1n) is 8.78. The maximum atomic E-state index is 12.4. The fourth-order valence-corrected chi connectivity index (χ4v) is 3.74. The van der Waals surface area contributed by atoms with Gasteiger partial charge in [0.05, 0.1) is 5.75 Å². The summed E-state index contributed by atoms with van der Waals surface area (Å²) in [5.74, 6) is 1.42. The molecule has 0 saturated carbocycles. The number of aryl methyl sites for hydroxylation is 1. The van der Waals surface area contributed by atoms with E-state index in [4.69, 9.17) is 0 Å². The Morgan fingerprint density at radius 2 is 1.96 bits per heavy atom. The minimum absolute atomic E-state index is 0.167. The van der Waals surface area contributed by atoms with Gasteiger partial charge in [-0.2, -0.15) is 0 Å². The maximum Gasteiger partial charge on any atom is 0.233 e. The van der Waals surface area contributed by atoms with Crippen LogP contribution in [-0.2, 0) is 11.2 Å². The van der Waals surface area contributed by atoms with Crippen LogP contribution in [0.4, 0.5) is 0 Å². The average Bonchev–Trinajstić information content (AvgIpc) is 3.14. The van der Waals surface area contributed by atoms with Gasteiger partial charge in [-0.15, -0.1) is 5.10 Å². The van der Waals surface area contributed by atoms with Crippen molar-refractivity contribution in [1.29, 1.82) is 0 Å². The number of aromatic amines is 1. The zero-order valence-electron chi connectivity index (χ0n) is 14.8. The molecule has 6 nitrogen and oxygen atoms in total. The van der Waals surface area contributed by atoms with Crippen molar-refractivity contribution in [2.45, 2.75) is 31.5 Å². The fourth-order valence-electron chi connectivity index (χ4n) is 3.02. The highest BCUT2D eigenvalue weighted by molar-refractivity contribution is 7.99. The number of hydrogen-bond donors (Lipinski definition) is 1. The molecule has 0 spiro atoms. The molecule has 1 fully saturated rings. The topological polar surface area (TPSA) is 65.1 Å². The number of hydrogen-bond acceptors (Lipinski definition) is 5. The van der Waals surface area contributed by atoms with Gasteiger partial charge >= 0.3 is 0 Å². The zero-order valence-corrected chi connectivity index (χ0v) is 15.6. The van der Waals surface area contributed by atoms with Crippen molar-refractivity contribution in [3.8, 4) is 0 Å². The number of carbonyl (C=O) groups excluding carboxylic acids is 1. The van der Waals surface area contributed by atoms with Gasteiger partial charge in [0.25, 0.3) is 0 Å². The molecule has 1 aliphatic rings. The van der Waals surface area contributed by atoms with Gasteiger partial charge < -0.3 is 4.90 Å². The Morgan fingerprint density at radius 1 is 1.24 bits per heavy atom. The smallest absolute Gasteiger partial charge is 0.233 e. The summed E-state index contributed by atoms with van der Waals surface area (Å²) in [6, 6.07) is 10.9. The summed E-state index contributed by atoms with van der Waals surface area (Å²) in [5, 5.41) is 7.65. The highest BCUT2D eigenvalue weighted by Gasteiger charge is 2.24. The van der Waals surface area contributed by atoms with Crippen LogP contribution in [0.1, 0.15) is 31.3 Å². The van der Waals surface area contributed by atoms with Gasteiger partial charge in [-0.3, -0.25) is 14.8 Å². The van der Waals surface area contributed by atoms with Crippen LogP contribution in [0.3, 0.4) is 0 Å². The Labute approximate surface area is 153 Å². The molecule has 0 radical (unpaired) electrons. The summed E-state index contributed by atoms with van der Waals surface area (Å²) in [5.41, 5.74) is 1.33. The average molecular weight is 359 g/mol. The van der Waals surface area contributed by atoms with Crippen LogP contribution >= 0.6 is 11.8 Å². The number of thioether (sulfide) groups is 1. The summed E-state index contributed by atoms with van der Waals surface area (Å²) in [6.45, 7) is 7.64. The second-order valence-electron chi connectivity index (χ2n) is 6.21. The highest BCUT2D eigenvalue weighted by atomic mass is 32.2. The molecule has 1 amide bonds. The number of piperazine rings is 1. The Hall–Kier alpha value is -1.86. The van der Waals surface area contributed by atoms with Gasteiger partial charge in [-0.1, -0.05) is 49.0 Å². The fraction of sp³-hybridized carbons (Fsp3) is 0.500. The summed E-state index contributed by atoms with van der Waals surface area (Å²) in [6.07, 6.45) is 0.822. The molecule has 1 atom stereocenters. The lowest BCUT2D eigenvalue weighted by Gasteiger charge is -2.38.